The van der Waals surface area contributed by atoms with Gasteiger partial charge in [-0.25, -0.2) is 0 Å². The van der Waals surface area contributed by atoms with Crippen LogP contribution in [0.5, 0.6) is 0 Å². The van der Waals surface area contributed by atoms with Gasteiger partial charge in [0.15, 0.2) is 0 Å². The molecule has 1 aliphatic heterocycles. The van der Waals surface area contributed by atoms with Crippen molar-refractivity contribution in [3.05, 3.63) is 97.9 Å². The van der Waals surface area contributed by atoms with Gasteiger partial charge in [0, 0.05) is 0 Å². The second-order valence-electron chi connectivity index (χ2n) is 5.29. The van der Waals surface area contributed by atoms with Gasteiger partial charge in [0.2, 0.25) is 0 Å². The average molecular weight is 377 g/mol. The van der Waals surface area contributed by atoms with Gasteiger partial charge in [0.25, 0.3) is 0 Å². The molecule has 0 bridgehead atoms. The fourth-order valence-corrected chi connectivity index (χ4v) is 5.74. The third kappa shape index (κ3) is 5.04. The maximum atomic E-state index is 3.77. The van der Waals surface area contributed by atoms with Crippen molar-refractivity contribution in [1.29, 1.82) is 0 Å². The molecule has 0 N–H and O–H groups in total. The van der Waals surface area contributed by atoms with Crippen molar-refractivity contribution in [1.82, 2.24) is 0 Å². The molecule has 1 aliphatic rings. The quantitative estimate of drug-likeness (QED) is 0.436. The van der Waals surface area contributed by atoms with E-state index in [1.165, 1.54) is 32.1 Å². The van der Waals surface area contributed by atoms with Crippen molar-refractivity contribution in [3.63, 3.8) is 0 Å². The van der Waals surface area contributed by atoms with Gasteiger partial charge in [0.1, 0.15) is 0 Å². The molecular formula is C22H23NiP. The fraction of sp³-hybridized carbons (Fsp3) is 0.136. The summed E-state index contributed by atoms with van der Waals surface area (Å²) in [4.78, 5) is 0. The zero-order valence-electron chi connectivity index (χ0n) is 13.8. The molecule has 3 aromatic rings. The van der Waals surface area contributed by atoms with E-state index in [0.29, 0.717) is 13.4 Å². The molecule has 1 fully saturated rings. The molecule has 1 saturated heterocycles. The zero-order chi connectivity index (χ0) is 16.6. The summed E-state index contributed by atoms with van der Waals surface area (Å²) in [6.45, 7) is 3.77. The molecular weight excluding hydrogens is 354 g/mol. The van der Waals surface area contributed by atoms with Crippen molar-refractivity contribution in [2.45, 2.75) is 16.2 Å². The van der Waals surface area contributed by atoms with Crippen LogP contribution < -0.4 is 15.9 Å². The molecule has 0 saturated carbocycles. The van der Waals surface area contributed by atoms with Gasteiger partial charge in [-0.15, -0.1) is 0 Å². The summed E-state index contributed by atoms with van der Waals surface area (Å²) in [5.41, 5.74) is 0. The Balaban J connectivity index is 0.000000290. The molecule has 0 aliphatic carbocycles. The largest absolute Gasteiger partial charge is 0.0622 e. The van der Waals surface area contributed by atoms with E-state index >= 15 is 0 Å². The first-order chi connectivity index (χ1) is 11.9. The van der Waals surface area contributed by atoms with Crippen molar-refractivity contribution < 1.29 is 13.4 Å². The number of rotatable bonds is 4. The molecule has 3 aromatic carbocycles. The van der Waals surface area contributed by atoms with Crippen LogP contribution in [0.15, 0.2) is 91.0 Å². The van der Waals surface area contributed by atoms with Crippen LogP contribution in [0.2, 0.25) is 16.2 Å². The third-order valence-electron chi connectivity index (χ3n) is 3.65. The van der Waals surface area contributed by atoms with Crippen molar-refractivity contribution >= 4 is 23.8 Å². The Morgan fingerprint density at radius 2 is 0.958 bits per heavy atom. The Labute approximate surface area is 151 Å². The SMILES string of the molecule is [CH2][CH2][Ni]1[CH2][CH2]1.c1ccc(P(c2ccccc2)c2ccccc2)cc1. The summed E-state index contributed by atoms with van der Waals surface area (Å²) in [6.07, 6.45) is 0. The van der Waals surface area contributed by atoms with E-state index in [1.54, 1.807) is 0 Å². The smallest absolute Gasteiger partial charge is 0.0134 e. The van der Waals surface area contributed by atoms with Gasteiger partial charge in [-0.3, -0.25) is 0 Å². The fourth-order valence-electron chi connectivity index (χ4n) is 2.37. The first-order valence-electron chi connectivity index (χ1n) is 8.07. The van der Waals surface area contributed by atoms with Crippen LogP contribution in [0.4, 0.5) is 0 Å². The maximum Gasteiger partial charge on any atom is -0.0134 e. The van der Waals surface area contributed by atoms with Crippen molar-refractivity contribution in [2.75, 3.05) is 0 Å². The number of hydrogen-bond donors (Lipinski definition) is 0. The molecule has 0 unspecified atom stereocenters. The minimum absolute atomic E-state index is 0.446. The van der Waals surface area contributed by atoms with E-state index in [9.17, 15) is 0 Å². The molecule has 1 heterocycles. The molecule has 0 aromatic heterocycles. The second kappa shape index (κ2) is 9.17. The van der Waals surface area contributed by atoms with Crippen LogP contribution in [-0.2, 0) is 13.4 Å². The summed E-state index contributed by atoms with van der Waals surface area (Å²) >= 11 is 0.713. The number of hydrogen-bond acceptors (Lipinski definition) is 0. The molecule has 4 rings (SSSR count). The average Bonchev–Trinajstić information content (AvgIpc) is 3.50. The third-order valence-corrected chi connectivity index (χ3v) is 7.98. The Morgan fingerprint density at radius 3 is 1.17 bits per heavy atom. The van der Waals surface area contributed by atoms with Crippen LogP contribution in [0.25, 0.3) is 0 Å². The van der Waals surface area contributed by atoms with Gasteiger partial charge in [-0.05, 0) is 23.8 Å². The van der Waals surface area contributed by atoms with Gasteiger partial charge in [0.05, 0.1) is 0 Å². The van der Waals surface area contributed by atoms with Gasteiger partial charge in [-0.2, -0.15) is 0 Å². The summed E-state index contributed by atoms with van der Waals surface area (Å²) in [6, 6.07) is 32.3. The van der Waals surface area contributed by atoms with E-state index < -0.39 is 7.92 Å². The molecule has 0 atom stereocenters. The number of benzene rings is 3. The Bertz CT molecular complexity index is 615. The molecule has 24 heavy (non-hydrogen) atoms. The van der Waals surface area contributed by atoms with Crippen molar-refractivity contribution in [3.8, 4) is 0 Å². The first kappa shape index (κ1) is 17.4. The van der Waals surface area contributed by atoms with Crippen LogP contribution >= 0.6 is 7.92 Å². The molecule has 0 amide bonds. The van der Waals surface area contributed by atoms with Gasteiger partial charge < -0.3 is 0 Å². The summed E-state index contributed by atoms with van der Waals surface area (Å²) in [5.74, 6) is 0. The summed E-state index contributed by atoms with van der Waals surface area (Å²) < 4.78 is 0. The van der Waals surface area contributed by atoms with E-state index in [0.717, 1.165) is 0 Å². The first-order valence-corrected chi connectivity index (χ1v) is 11.5. The predicted molar refractivity (Wildman–Crippen MR) is 105 cm³/mol. The summed E-state index contributed by atoms with van der Waals surface area (Å²) in [7, 11) is -0.446. The summed E-state index contributed by atoms with van der Waals surface area (Å²) in [5, 5.41) is 8.38. The minimum Gasteiger partial charge on any atom is -0.0622 e. The van der Waals surface area contributed by atoms with Crippen LogP contribution in [0.1, 0.15) is 0 Å². The van der Waals surface area contributed by atoms with Crippen LogP contribution in [-0.4, -0.2) is 0 Å². The van der Waals surface area contributed by atoms with Crippen molar-refractivity contribution in [2.24, 2.45) is 0 Å². The minimum atomic E-state index is -0.446. The molecule has 1 radical (unpaired) electrons. The Hall–Kier alpha value is -1.42. The van der Waals surface area contributed by atoms with Crippen LogP contribution in [0, 0.1) is 6.92 Å². The standard InChI is InChI=1S/C18H15P.2C2H4.Ni/c1-4-10-16(11-5-1)19(17-12-6-2-7-13-17)18-14-8-3-9-15-18;2*1-2;/h1-15H;2*1-2H2;. The van der Waals surface area contributed by atoms with Crippen LogP contribution in [0.3, 0.4) is 0 Å². The van der Waals surface area contributed by atoms with E-state index in [1.807, 2.05) is 0 Å². The molecule has 126 valence electrons. The molecule has 0 spiro atoms. The van der Waals surface area contributed by atoms with E-state index in [4.69, 9.17) is 0 Å². The Kier molecular flexibility index (Phi) is 6.65. The molecule has 0 nitrogen and oxygen atoms in total. The Morgan fingerprint density at radius 1 is 0.625 bits per heavy atom. The maximum absolute atomic E-state index is 3.77. The van der Waals surface area contributed by atoms with Gasteiger partial charge in [-0.1, -0.05) is 91.0 Å². The predicted octanol–water partition coefficient (Wildman–Crippen LogP) is 5.15. The molecule has 2 heteroatoms. The monoisotopic (exact) mass is 376 g/mol. The zero-order valence-corrected chi connectivity index (χ0v) is 15.6. The topological polar surface area (TPSA) is 0 Å². The van der Waals surface area contributed by atoms with Gasteiger partial charge >= 0.3 is 36.5 Å². The van der Waals surface area contributed by atoms with E-state index in [-0.39, 0.29) is 0 Å². The normalized spacial score (nSPS) is 14.0. The van der Waals surface area contributed by atoms with E-state index in [2.05, 4.69) is 97.9 Å². The second-order valence-corrected chi connectivity index (χ2v) is 10.5.